The number of ether oxygens (including phenoxy) is 1. The van der Waals surface area contributed by atoms with Crippen molar-refractivity contribution in [3.05, 3.63) is 49.6 Å². The number of hydrogen-bond donors (Lipinski definition) is 1. The molecule has 3 aliphatic heterocycles. The van der Waals surface area contributed by atoms with E-state index in [1.54, 1.807) is 33.7 Å². The Morgan fingerprint density at radius 2 is 1.76 bits per heavy atom. The fourth-order valence-corrected chi connectivity index (χ4v) is 10.4. The van der Waals surface area contributed by atoms with Crippen LogP contribution < -0.4 is 9.64 Å². The minimum absolute atomic E-state index is 0.0208. The molecule has 3 amide bonds. The second-order valence-corrected chi connectivity index (χ2v) is 16.1. The maximum absolute atomic E-state index is 14.9. The molecule has 4 rings (SSSR count). The van der Waals surface area contributed by atoms with E-state index < -0.39 is 28.2 Å². The molecule has 3 fully saturated rings. The van der Waals surface area contributed by atoms with E-state index >= 15 is 0 Å². The van der Waals surface area contributed by atoms with Gasteiger partial charge < -0.3 is 24.5 Å². The highest BCUT2D eigenvalue weighted by Crippen LogP contribution is 2.67. The van der Waals surface area contributed by atoms with Gasteiger partial charge in [0, 0.05) is 42.7 Å². The lowest BCUT2D eigenvalue weighted by molar-refractivity contribution is -0.146. The second kappa shape index (κ2) is 13.9. The summed E-state index contributed by atoms with van der Waals surface area (Å²) in [5.41, 5.74) is 0.219. The average molecular weight is 640 g/mol. The quantitative estimate of drug-likeness (QED) is 0.196. The predicted octanol–water partition coefficient (Wildman–Crippen LogP) is 5.70. The summed E-state index contributed by atoms with van der Waals surface area (Å²) in [6.07, 6.45) is 6.86. The molecule has 5 atom stereocenters. The molecule has 3 aliphatic rings. The molecule has 8 nitrogen and oxygen atoms in total. The Labute approximate surface area is 274 Å². The van der Waals surface area contributed by atoms with Gasteiger partial charge in [0.25, 0.3) is 0 Å². The van der Waals surface area contributed by atoms with E-state index in [4.69, 9.17) is 4.74 Å². The molecule has 248 valence electrons. The van der Waals surface area contributed by atoms with E-state index in [1.807, 2.05) is 36.1 Å². The lowest BCUT2D eigenvalue weighted by atomic mass is 9.70. The van der Waals surface area contributed by atoms with Crippen LogP contribution in [0.2, 0.25) is 0 Å². The number of likely N-dealkylation sites (tertiary alicyclic amines) is 1. The molecule has 1 aromatic rings. The highest BCUT2D eigenvalue weighted by molar-refractivity contribution is 8.02. The first-order valence-electron chi connectivity index (χ1n) is 16.4. The molecular weight excluding hydrogens is 586 g/mol. The van der Waals surface area contributed by atoms with Crippen molar-refractivity contribution in [1.29, 1.82) is 0 Å². The van der Waals surface area contributed by atoms with Gasteiger partial charge in [0.1, 0.15) is 11.8 Å². The number of aliphatic hydroxyl groups is 1. The molecule has 3 heterocycles. The Hall–Kier alpha value is -2.78. The van der Waals surface area contributed by atoms with Gasteiger partial charge in [-0.05, 0) is 82.6 Å². The van der Waals surface area contributed by atoms with Crippen molar-refractivity contribution in [3.63, 3.8) is 0 Å². The Balaban J connectivity index is 1.74. The summed E-state index contributed by atoms with van der Waals surface area (Å²) >= 11 is 1.69. The molecular formula is C36H53N3O5S. The number of hydrogen-bond acceptors (Lipinski definition) is 6. The predicted molar refractivity (Wildman–Crippen MR) is 182 cm³/mol. The van der Waals surface area contributed by atoms with Crippen LogP contribution in [-0.4, -0.2) is 87.1 Å². The monoisotopic (exact) mass is 639 g/mol. The molecule has 0 aromatic heterocycles. The molecule has 0 radical (unpaired) electrons. The number of rotatable bonds is 15. The maximum atomic E-state index is 14.9. The first kappa shape index (κ1) is 35.1. The van der Waals surface area contributed by atoms with Gasteiger partial charge in [0.2, 0.25) is 17.7 Å². The first-order valence-corrected chi connectivity index (χ1v) is 17.3. The number of unbranched alkanes of at least 4 members (excludes halogenated alkanes) is 1. The van der Waals surface area contributed by atoms with E-state index in [0.717, 1.165) is 24.3 Å². The maximum Gasteiger partial charge on any atom is 0.247 e. The summed E-state index contributed by atoms with van der Waals surface area (Å²) in [5, 5.41) is 9.49. The summed E-state index contributed by atoms with van der Waals surface area (Å²) < 4.78 is 4.92. The Bertz CT molecular complexity index is 1260. The molecule has 0 aliphatic carbocycles. The molecule has 9 heteroatoms. The fraction of sp³-hybridized carbons (Fsp3) is 0.639. The van der Waals surface area contributed by atoms with Crippen LogP contribution in [0.3, 0.4) is 0 Å². The van der Waals surface area contributed by atoms with Gasteiger partial charge in [-0.2, -0.15) is 0 Å². The van der Waals surface area contributed by atoms with Gasteiger partial charge in [0.05, 0.1) is 23.2 Å². The van der Waals surface area contributed by atoms with E-state index in [0.29, 0.717) is 45.5 Å². The Kier molecular flexibility index (Phi) is 10.8. The van der Waals surface area contributed by atoms with Gasteiger partial charge in [-0.3, -0.25) is 14.4 Å². The lowest BCUT2D eigenvalue weighted by Gasteiger charge is -2.46. The van der Waals surface area contributed by atoms with Crippen LogP contribution in [0.25, 0.3) is 0 Å². The van der Waals surface area contributed by atoms with Crippen LogP contribution >= 0.6 is 11.8 Å². The van der Waals surface area contributed by atoms with Crippen molar-refractivity contribution >= 4 is 35.2 Å². The summed E-state index contributed by atoms with van der Waals surface area (Å²) in [6.45, 7) is 22.1. The van der Waals surface area contributed by atoms with Crippen LogP contribution in [0.4, 0.5) is 5.69 Å². The normalized spacial score (nSPS) is 25.7. The number of benzene rings is 1. The molecule has 0 saturated carbocycles. The topological polar surface area (TPSA) is 90.4 Å². The van der Waals surface area contributed by atoms with Crippen LogP contribution in [0.5, 0.6) is 5.75 Å². The third kappa shape index (κ3) is 6.85. The second-order valence-electron chi connectivity index (χ2n) is 14.5. The van der Waals surface area contributed by atoms with Gasteiger partial charge in [-0.15, -0.1) is 24.9 Å². The molecule has 3 saturated heterocycles. The van der Waals surface area contributed by atoms with Crippen molar-refractivity contribution in [3.8, 4) is 5.75 Å². The zero-order valence-electron chi connectivity index (χ0n) is 28.1. The van der Waals surface area contributed by atoms with Crippen LogP contribution in [0, 0.1) is 17.3 Å². The summed E-state index contributed by atoms with van der Waals surface area (Å²) in [5.74, 6) is -0.696. The first-order chi connectivity index (χ1) is 21.3. The molecule has 2 bridgehead atoms. The van der Waals surface area contributed by atoms with Gasteiger partial charge in [-0.25, -0.2) is 0 Å². The van der Waals surface area contributed by atoms with E-state index in [1.165, 1.54) is 0 Å². The summed E-state index contributed by atoms with van der Waals surface area (Å²) in [7, 11) is 0. The molecule has 45 heavy (non-hydrogen) atoms. The van der Waals surface area contributed by atoms with Crippen molar-refractivity contribution in [1.82, 2.24) is 9.80 Å². The number of thioether (sulfide) groups is 1. The molecule has 1 N–H and O–H groups in total. The fourth-order valence-electron chi connectivity index (χ4n) is 8.17. The average Bonchev–Trinajstić information content (AvgIpc) is 3.61. The van der Waals surface area contributed by atoms with Crippen molar-refractivity contribution in [2.45, 2.75) is 95.2 Å². The van der Waals surface area contributed by atoms with Crippen LogP contribution in [0.15, 0.2) is 49.6 Å². The third-order valence-corrected chi connectivity index (χ3v) is 11.4. The van der Waals surface area contributed by atoms with Gasteiger partial charge in [-0.1, -0.05) is 32.9 Å². The Morgan fingerprint density at radius 1 is 1.09 bits per heavy atom. The minimum Gasteiger partial charge on any atom is -0.494 e. The number of amides is 3. The number of anilines is 1. The summed E-state index contributed by atoms with van der Waals surface area (Å²) in [6, 6.07) is 6.77. The zero-order valence-corrected chi connectivity index (χ0v) is 28.9. The lowest BCUT2D eigenvalue weighted by Crippen LogP contribution is -2.60. The number of carbonyl (C=O) groups excluding carboxylic acids is 3. The van der Waals surface area contributed by atoms with E-state index in [-0.39, 0.29) is 35.0 Å². The van der Waals surface area contributed by atoms with Crippen molar-refractivity contribution in [2.24, 2.45) is 17.3 Å². The SMILES string of the molecule is C=CCN(C(=O)[C@@H]1[C@H]2C(=O)N(CCCCO)C(C(=O)N(CC=C)C(C)(C)CC(C)(C)C)C23CC[C@H]1S3)c1ccc(OCC)cc1. The van der Waals surface area contributed by atoms with Crippen molar-refractivity contribution < 1.29 is 24.2 Å². The van der Waals surface area contributed by atoms with E-state index in [2.05, 4.69) is 47.8 Å². The van der Waals surface area contributed by atoms with Gasteiger partial charge in [0.15, 0.2) is 0 Å². The largest absolute Gasteiger partial charge is 0.494 e. The third-order valence-electron chi connectivity index (χ3n) is 9.43. The number of fused-ring (bicyclic) bond motifs is 1. The molecule has 1 aromatic carbocycles. The van der Waals surface area contributed by atoms with Crippen LogP contribution in [-0.2, 0) is 14.4 Å². The number of carbonyl (C=O) groups is 3. The van der Waals surface area contributed by atoms with E-state index in [9.17, 15) is 19.5 Å². The zero-order chi connectivity index (χ0) is 33.2. The highest BCUT2D eigenvalue weighted by Gasteiger charge is 2.74. The number of nitrogens with zero attached hydrogens (tertiary/aromatic N) is 3. The molecule has 2 unspecified atom stereocenters. The minimum atomic E-state index is -0.686. The smallest absolute Gasteiger partial charge is 0.247 e. The standard InChI is InChI=1S/C36H53N3O5S/c1-9-20-37(25-14-16-26(17-15-25)44-11-3)31(41)28-27-18-19-36(45-27)29(28)32(42)38(22-12-13-23-40)30(36)33(43)39(21-10-2)35(7,8)24-34(4,5)6/h9-10,14-17,27-30,40H,1-2,11-13,18-24H2,3-8H3/t27-,28+,29+,30?,36?/m1/s1. The van der Waals surface area contributed by atoms with Gasteiger partial charge >= 0.3 is 0 Å². The number of aliphatic hydroxyl groups excluding tert-OH is 1. The Morgan fingerprint density at radius 3 is 2.33 bits per heavy atom. The van der Waals surface area contributed by atoms with Crippen molar-refractivity contribution in [2.75, 3.05) is 37.7 Å². The highest BCUT2D eigenvalue weighted by atomic mass is 32.2. The molecule has 1 spiro atoms. The van der Waals surface area contributed by atoms with Crippen LogP contribution in [0.1, 0.15) is 73.6 Å². The summed E-state index contributed by atoms with van der Waals surface area (Å²) in [4.78, 5) is 49.4.